The summed E-state index contributed by atoms with van der Waals surface area (Å²) in [5, 5.41) is 0.892. The first-order chi connectivity index (χ1) is 7.33. The topological polar surface area (TPSA) is 35.5 Å². The number of carbonyl (C=O) groups excluding carboxylic acids is 1. The standard InChI is InChI=1S/C11H13BrO3/c1-14-11-9(8-13)4-2-5-10(11)15-7-3-6-12/h2,4-5,8H,3,6-7H2,1H3. The molecule has 1 aromatic rings. The van der Waals surface area contributed by atoms with Gasteiger partial charge in [-0.05, 0) is 18.6 Å². The normalized spacial score (nSPS) is 9.73. The maximum atomic E-state index is 10.7. The van der Waals surface area contributed by atoms with Crippen molar-refractivity contribution in [2.45, 2.75) is 6.42 Å². The van der Waals surface area contributed by atoms with Crippen LogP contribution in [0.1, 0.15) is 16.8 Å². The van der Waals surface area contributed by atoms with Crippen LogP contribution in [0, 0.1) is 0 Å². The molecule has 0 radical (unpaired) electrons. The Labute approximate surface area is 97.5 Å². The summed E-state index contributed by atoms with van der Waals surface area (Å²) in [6, 6.07) is 5.26. The number of methoxy groups -OCH3 is 1. The van der Waals surface area contributed by atoms with Gasteiger partial charge in [0.25, 0.3) is 0 Å². The molecule has 1 rings (SSSR count). The molecule has 4 heteroatoms. The molecule has 0 saturated carbocycles. The van der Waals surface area contributed by atoms with E-state index in [1.54, 1.807) is 18.2 Å². The van der Waals surface area contributed by atoms with Crippen molar-refractivity contribution in [2.24, 2.45) is 0 Å². The van der Waals surface area contributed by atoms with E-state index in [0.29, 0.717) is 23.7 Å². The molecule has 0 spiro atoms. The number of para-hydroxylation sites is 1. The summed E-state index contributed by atoms with van der Waals surface area (Å²) in [4.78, 5) is 10.7. The van der Waals surface area contributed by atoms with Gasteiger partial charge < -0.3 is 9.47 Å². The SMILES string of the molecule is COc1c(C=O)cccc1OCCCBr. The predicted octanol–water partition coefficient (Wildman–Crippen LogP) is 2.67. The highest BCUT2D eigenvalue weighted by atomic mass is 79.9. The van der Waals surface area contributed by atoms with Crippen LogP contribution in [0.5, 0.6) is 11.5 Å². The number of aldehydes is 1. The Morgan fingerprint density at radius 1 is 1.47 bits per heavy atom. The Morgan fingerprint density at radius 2 is 2.27 bits per heavy atom. The van der Waals surface area contributed by atoms with Crippen LogP contribution in [0.2, 0.25) is 0 Å². The molecule has 0 N–H and O–H groups in total. The molecule has 0 aliphatic heterocycles. The molecular formula is C11H13BrO3. The molecule has 1 aromatic carbocycles. The molecule has 0 bridgehead atoms. The van der Waals surface area contributed by atoms with E-state index in [-0.39, 0.29) is 0 Å². The van der Waals surface area contributed by atoms with Crippen molar-refractivity contribution < 1.29 is 14.3 Å². The number of hydrogen-bond donors (Lipinski definition) is 0. The summed E-state index contributed by atoms with van der Waals surface area (Å²) in [6.07, 6.45) is 1.67. The lowest BCUT2D eigenvalue weighted by Crippen LogP contribution is -2.01. The van der Waals surface area contributed by atoms with Gasteiger partial charge in [0.15, 0.2) is 17.8 Å². The van der Waals surface area contributed by atoms with Gasteiger partial charge >= 0.3 is 0 Å². The largest absolute Gasteiger partial charge is 0.492 e. The number of halogens is 1. The minimum Gasteiger partial charge on any atom is -0.492 e. The van der Waals surface area contributed by atoms with E-state index < -0.39 is 0 Å². The van der Waals surface area contributed by atoms with Crippen LogP contribution in [0.3, 0.4) is 0 Å². The van der Waals surface area contributed by atoms with Crippen LogP contribution in [-0.4, -0.2) is 25.3 Å². The molecule has 0 amide bonds. The molecule has 0 saturated heterocycles. The van der Waals surface area contributed by atoms with E-state index >= 15 is 0 Å². The second kappa shape index (κ2) is 6.45. The number of ether oxygens (including phenoxy) is 2. The van der Waals surface area contributed by atoms with E-state index in [9.17, 15) is 4.79 Å². The van der Waals surface area contributed by atoms with Gasteiger partial charge in [-0.3, -0.25) is 4.79 Å². The van der Waals surface area contributed by atoms with Crippen molar-refractivity contribution in [3.63, 3.8) is 0 Å². The zero-order chi connectivity index (χ0) is 11.1. The Balaban J connectivity index is 2.81. The Kier molecular flexibility index (Phi) is 5.18. The van der Waals surface area contributed by atoms with Crippen LogP contribution in [0.25, 0.3) is 0 Å². The van der Waals surface area contributed by atoms with Gasteiger partial charge in [-0.1, -0.05) is 22.0 Å². The summed E-state index contributed by atoms with van der Waals surface area (Å²) in [7, 11) is 1.53. The highest BCUT2D eigenvalue weighted by Gasteiger charge is 2.08. The summed E-state index contributed by atoms with van der Waals surface area (Å²) in [5.74, 6) is 1.12. The fraction of sp³-hybridized carbons (Fsp3) is 0.364. The Hall–Kier alpha value is -1.03. The van der Waals surface area contributed by atoms with Crippen LogP contribution in [-0.2, 0) is 0 Å². The quantitative estimate of drug-likeness (QED) is 0.454. The predicted molar refractivity (Wildman–Crippen MR) is 62.3 cm³/mol. The first-order valence-electron chi connectivity index (χ1n) is 4.64. The average molecular weight is 273 g/mol. The number of rotatable bonds is 6. The van der Waals surface area contributed by atoms with Crippen molar-refractivity contribution in [3.05, 3.63) is 23.8 Å². The van der Waals surface area contributed by atoms with Crippen LogP contribution < -0.4 is 9.47 Å². The number of hydrogen-bond acceptors (Lipinski definition) is 3. The molecular weight excluding hydrogens is 260 g/mol. The van der Waals surface area contributed by atoms with E-state index in [0.717, 1.165) is 18.0 Å². The van der Waals surface area contributed by atoms with Gasteiger partial charge in [-0.2, -0.15) is 0 Å². The van der Waals surface area contributed by atoms with Gasteiger partial charge in [0.1, 0.15) is 0 Å². The van der Waals surface area contributed by atoms with E-state index in [1.165, 1.54) is 7.11 Å². The van der Waals surface area contributed by atoms with E-state index in [4.69, 9.17) is 9.47 Å². The highest BCUT2D eigenvalue weighted by Crippen LogP contribution is 2.29. The third-order valence-electron chi connectivity index (χ3n) is 1.88. The van der Waals surface area contributed by atoms with Crippen molar-refractivity contribution >= 4 is 22.2 Å². The Bertz CT molecular complexity index is 326. The fourth-order valence-corrected chi connectivity index (χ4v) is 1.42. The van der Waals surface area contributed by atoms with Crippen LogP contribution in [0.4, 0.5) is 0 Å². The molecule has 82 valence electrons. The second-order valence-electron chi connectivity index (χ2n) is 2.89. The maximum Gasteiger partial charge on any atom is 0.171 e. The van der Waals surface area contributed by atoms with E-state index in [1.807, 2.05) is 0 Å². The van der Waals surface area contributed by atoms with E-state index in [2.05, 4.69) is 15.9 Å². The lowest BCUT2D eigenvalue weighted by Gasteiger charge is -2.11. The van der Waals surface area contributed by atoms with Crippen molar-refractivity contribution in [3.8, 4) is 11.5 Å². The summed E-state index contributed by atoms with van der Waals surface area (Å²) < 4.78 is 10.6. The van der Waals surface area contributed by atoms with Gasteiger partial charge in [0.2, 0.25) is 0 Å². The molecule has 0 aliphatic rings. The summed E-state index contributed by atoms with van der Waals surface area (Å²) in [5.41, 5.74) is 0.508. The molecule has 0 aromatic heterocycles. The van der Waals surface area contributed by atoms with Gasteiger partial charge in [0.05, 0.1) is 19.3 Å². The molecule has 0 heterocycles. The maximum absolute atomic E-state index is 10.7. The minimum absolute atomic E-state index is 0.502. The van der Waals surface area contributed by atoms with Gasteiger partial charge in [-0.25, -0.2) is 0 Å². The number of alkyl halides is 1. The van der Waals surface area contributed by atoms with Crippen molar-refractivity contribution in [1.29, 1.82) is 0 Å². The van der Waals surface area contributed by atoms with Gasteiger partial charge in [-0.15, -0.1) is 0 Å². The zero-order valence-electron chi connectivity index (χ0n) is 8.53. The van der Waals surface area contributed by atoms with Gasteiger partial charge in [0, 0.05) is 5.33 Å². The molecule has 15 heavy (non-hydrogen) atoms. The third-order valence-corrected chi connectivity index (χ3v) is 2.44. The molecule has 0 atom stereocenters. The molecule has 0 unspecified atom stereocenters. The third kappa shape index (κ3) is 3.23. The molecule has 0 aliphatic carbocycles. The minimum atomic E-state index is 0.502. The fourth-order valence-electron chi connectivity index (χ4n) is 1.19. The number of benzene rings is 1. The van der Waals surface area contributed by atoms with Crippen LogP contribution in [0.15, 0.2) is 18.2 Å². The average Bonchev–Trinajstić information content (AvgIpc) is 2.29. The highest BCUT2D eigenvalue weighted by molar-refractivity contribution is 9.09. The number of carbonyl (C=O) groups is 1. The lowest BCUT2D eigenvalue weighted by atomic mass is 10.2. The lowest BCUT2D eigenvalue weighted by molar-refractivity contribution is 0.111. The summed E-state index contributed by atoms with van der Waals surface area (Å²) >= 11 is 3.32. The molecule has 0 fully saturated rings. The first kappa shape index (κ1) is 12.0. The van der Waals surface area contributed by atoms with Crippen LogP contribution >= 0.6 is 15.9 Å². The van der Waals surface area contributed by atoms with Crippen molar-refractivity contribution in [2.75, 3.05) is 19.0 Å². The molecule has 3 nitrogen and oxygen atoms in total. The monoisotopic (exact) mass is 272 g/mol. The Morgan fingerprint density at radius 3 is 2.87 bits per heavy atom. The first-order valence-corrected chi connectivity index (χ1v) is 5.76. The zero-order valence-corrected chi connectivity index (χ0v) is 10.1. The second-order valence-corrected chi connectivity index (χ2v) is 3.68. The summed E-state index contributed by atoms with van der Waals surface area (Å²) in [6.45, 7) is 0.601. The van der Waals surface area contributed by atoms with Crippen molar-refractivity contribution in [1.82, 2.24) is 0 Å². The smallest absolute Gasteiger partial charge is 0.171 e.